The first-order valence-corrected chi connectivity index (χ1v) is 7.59. The first-order chi connectivity index (χ1) is 9.68. The lowest BCUT2D eigenvalue weighted by molar-refractivity contribution is 0.464. The maximum atomic E-state index is 10.0. The van der Waals surface area contributed by atoms with Crippen LogP contribution in [0.5, 0.6) is 5.75 Å². The van der Waals surface area contributed by atoms with Gasteiger partial charge in [0.05, 0.1) is 0 Å². The summed E-state index contributed by atoms with van der Waals surface area (Å²) in [6.07, 6.45) is 3.76. The molecule has 0 aliphatic rings. The van der Waals surface area contributed by atoms with E-state index in [1.165, 1.54) is 24.6 Å². The van der Waals surface area contributed by atoms with E-state index in [9.17, 15) is 5.11 Å². The van der Waals surface area contributed by atoms with Gasteiger partial charge in [0.15, 0.2) is 0 Å². The van der Waals surface area contributed by atoms with Crippen LogP contribution in [0.3, 0.4) is 0 Å². The molecule has 2 heteroatoms. The molecule has 0 fully saturated rings. The highest BCUT2D eigenvalue weighted by Crippen LogP contribution is 2.26. The molecule has 0 radical (unpaired) electrons. The SMILES string of the molecule is CC(C)CCCCNCc1c(O)ccc2ccccc12. The van der Waals surface area contributed by atoms with E-state index in [4.69, 9.17) is 0 Å². The lowest BCUT2D eigenvalue weighted by Gasteiger charge is -2.11. The van der Waals surface area contributed by atoms with E-state index in [0.29, 0.717) is 5.75 Å². The molecule has 0 unspecified atom stereocenters. The van der Waals surface area contributed by atoms with Gasteiger partial charge in [-0.2, -0.15) is 0 Å². The Kier molecular flexibility index (Phi) is 5.42. The highest BCUT2D eigenvalue weighted by Gasteiger charge is 2.05. The Morgan fingerprint density at radius 2 is 1.85 bits per heavy atom. The van der Waals surface area contributed by atoms with E-state index < -0.39 is 0 Å². The fourth-order valence-electron chi connectivity index (χ4n) is 2.53. The van der Waals surface area contributed by atoms with Crippen LogP contribution in [0.4, 0.5) is 0 Å². The van der Waals surface area contributed by atoms with Gasteiger partial charge in [-0.3, -0.25) is 0 Å². The smallest absolute Gasteiger partial charge is 0.120 e. The minimum Gasteiger partial charge on any atom is -0.508 e. The van der Waals surface area contributed by atoms with Gasteiger partial charge in [-0.05, 0) is 35.7 Å². The Hall–Kier alpha value is -1.54. The van der Waals surface area contributed by atoms with Crippen LogP contribution in [0.25, 0.3) is 10.8 Å². The molecule has 2 aromatic rings. The van der Waals surface area contributed by atoms with Crippen LogP contribution in [0, 0.1) is 5.92 Å². The molecular formula is C18H25NO. The summed E-state index contributed by atoms with van der Waals surface area (Å²) in [4.78, 5) is 0. The summed E-state index contributed by atoms with van der Waals surface area (Å²) in [7, 11) is 0. The number of phenols is 1. The molecule has 108 valence electrons. The van der Waals surface area contributed by atoms with Gasteiger partial charge in [0.1, 0.15) is 5.75 Å². The van der Waals surface area contributed by atoms with Crippen molar-refractivity contribution in [2.75, 3.05) is 6.54 Å². The summed E-state index contributed by atoms with van der Waals surface area (Å²) >= 11 is 0. The van der Waals surface area contributed by atoms with Crippen LogP contribution in [-0.4, -0.2) is 11.7 Å². The molecule has 0 aliphatic carbocycles. The largest absolute Gasteiger partial charge is 0.508 e. The minimum atomic E-state index is 0.387. The van der Waals surface area contributed by atoms with Crippen molar-refractivity contribution in [1.82, 2.24) is 5.32 Å². The van der Waals surface area contributed by atoms with Crippen molar-refractivity contribution < 1.29 is 5.11 Å². The third-order valence-corrected chi connectivity index (χ3v) is 3.70. The Balaban J connectivity index is 1.91. The van der Waals surface area contributed by atoms with E-state index in [1.54, 1.807) is 6.07 Å². The standard InChI is InChI=1S/C18H25NO/c1-14(2)7-5-6-12-19-13-17-16-9-4-3-8-15(16)10-11-18(17)20/h3-4,8-11,14,19-20H,5-7,12-13H2,1-2H3. The molecule has 2 aromatic carbocycles. The van der Waals surface area contributed by atoms with Crippen LogP contribution >= 0.6 is 0 Å². The number of phenolic OH excluding ortho intramolecular Hbond substituents is 1. The monoisotopic (exact) mass is 271 g/mol. The molecule has 0 atom stereocenters. The van der Waals surface area contributed by atoms with E-state index in [2.05, 4.69) is 31.3 Å². The van der Waals surface area contributed by atoms with Crippen LogP contribution in [0.15, 0.2) is 36.4 Å². The van der Waals surface area contributed by atoms with Crippen molar-refractivity contribution in [1.29, 1.82) is 0 Å². The molecule has 0 aliphatic heterocycles. The highest BCUT2D eigenvalue weighted by atomic mass is 16.3. The third kappa shape index (κ3) is 3.97. The average Bonchev–Trinajstić information content (AvgIpc) is 2.44. The quantitative estimate of drug-likeness (QED) is 0.729. The summed E-state index contributed by atoms with van der Waals surface area (Å²) in [6, 6.07) is 12.0. The topological polar surface area (TPSA) is 32.3 Å². The number of hydrogen-bond acceptors (Lipinski definition) is 2. The number of hydrogen-bond donors (Lipinski definition) is 2. The predicted molar refractivity (Wildman–Crippen MR) is 86.0 cm³/mol. The normalized spacial score (nSPS) is 11.3. The van der Waals surface area contributed by atoms with Gasteiger partial charge in [0.25, 0.3) is 0 Å². The van der Waals surface area contributed by atoms with Gasteiger partial charge < -0.3 is 10.4 Å². The Morgan fingerprint density at radius 1 is 1.05 bits per heavy atom. The molecule has 2 N–H and O–H groups in total. The molecule has 0 heterocycles. The number of benzene rings is 2. The molecule has 2 nitrogen and oxygen atoms in total. The molecule has 20 heavy (non-hydrogen) atoms. The first kappa shape index (κ1) is 14.9. The second-order valence-corrected chi connectivity index (χ2v) is 5.85. The molecule has 0 saturated heterocycles. The van der Waals surface area contributed by atoms with E-state index in [1.807, 2.05) is 18.2 Å². The number of fused-ring (bicyclic) bond motifs is 1. The zero-order chi connectivity index (χ0) is 14.4. The van der Waals surface area contributed by atoms with Gasteiger partial charge in [-0.1, -0.05) is 57.0 Å². The molecule has 0 bridgehead atoms. The van der Waals surface area contributed by atoms with E-state index in [0.717, 1.165) is 30.0 Å². The van der Waals surface area contributed by atoms with Crippen molar-refractivity contribution in [3.05, 3.63) is 42.0 Å². The first-order valence-electron chi connectivity index (χ1n) is 7.59. The van der Waals surface area contributed by atoms with E-state index in [-0.39, 0.29) is 0 Å². The summed E-state index contributed by atoms with van der Waals surface area (Å²) in [5.41, 5.74) is 1.01. The van der Waals surface area contributed by atoms with Crippen molar-refractivity contribution >= 4 is 10.8 Å². The zero-order valence-corrected chi connectivity index (χ0v) is 12.5. The summed E-state index contributed by atoms with van der Waals surface area (Å²) < 4.78 is 0. The van der Waals surface area contributed by atoms with Gasteiger partial charge in [0.2, 0.25) is 0 Å². The maximum Gasteiger partial charge on any atom is 0.120 e. The summed E-state index contributed by atoms with van der Waals surface area (Å²) in [5, 5.41) is 15.8. The Labute approximate surface area is 121 Å². The lowest BCUT2D eigenvalue weighted by atomic mass is 10.0. The second kappa shape index (κ2) is 7.30. The van der Waals surface area contributed by atoms with Crippen molar-refractivity contribution in [3.63, 3.8) is 0 Å². The average molecular weight is 271 g/mol. The molecule has 0 aromatic heterocycles. The number of rotatable bonds is 7. The van der Waals surface area contributed by atoms with E-state index >= 15 is 0 Å². The predicted octanol–water partition coefficient (Wildman–Crippen LogP) is 4.46. The number of aromatic hydroxyl groups is 1. The van der Waals surface area contributed by atoms with Crippen LogP contribution in [-0.2, 0) is 6.54 Å². The fourth-order valence-corrected chi connectivity index (χ4v) is 2.53. The maximum absolute atomic E-state index is 10.0. The molecule has 0 saturated carbocycles. The molecule has 0 spiro atoms. The summed E-state index contributed by atoms with van der Waals surface area (Å²) in [6.45, 7) is 6.27. The Morgan fingerprint density at radius 3 is 2.65 bits per heavy atom. The highest BCUT2D eigenvalue weighted by molar-refractivity contribution is 5.87. The van der Waals surface area contributed by atoms with Crippen LogP contribution in [0.2, 0.25) is 0 Å². The van der Waals surface area contributed by atoms with Gasteiger partial charge >= 0.3 is 0 Å². The van der Waals surface area contributed by atoms with Crippen LogP contribution < -0.4 is 5.32 Å². The summed E-state index contributed by atoms with van der Waals surface area (Å²) in [5.74, 6) is 1.18. The van der Waals surface area contributed by atoms with Crippen LogP contribution in [0.1, 0.15) is 38.7 Å². The van der Waals surface area contributed by atoms with Gasteiger partial charge in [0, 0.05) is 12.1 Å². The van der Waals surface area contributed by atoms with Gasteiger partial charge in [-0.25, -0.2) is 0 Å². The van der Waals surface area contributed by atoms with Crippen molar-refractivity contribution in [2.24, 2.45) is 5.92 Å². The molecule has 0 amide bonds. The lowest BCUT2D eigenvalue weighted by Crippen LogP contribution is -2.15. The minimum absolute atomic E-state index is 0.387. The third-order valence-electron chi connectivity index (χ3n) is 3.70. The van der Waals surface area contributed by atoms with Gasteiger partial charge in [-0.15, -0.1) is 0 Å². The zero-order valence-electron chi connectivity index (χ0n) is 12.5. The number of nitrogens with one attached hydrogen (secondary N) is 1. The Bertz CT molecular complexity index is 548. The van der Waals surface area contributed by atoms with Crippen molar-refractivity contribution in [2.45, 2.75) is 39.7 Å². The molecular weight excluding hydrogens is 246 g/mol. The number of unbranched alkanes of at least 4 members (excludes halogenated alkanes) is 1. The molecule has 2 rings (SSSR count). The fraction of sp³-hybridized carbons (Fsp3) is 0.444. The second-order valence-electron chi connectivity index (χ2n) is 5.85. The van der Waals surface area contributed by atoms with Crippen molar-refractivity contribution in [3.8, 4) is 5.75 Å².